The molecule has 4 rings (SSSR count). The van der Waals surface area contributed by atoms with E-state index in [-0.39, 0.29) is 30.3 Å². The van der Waals surface area contributed by atoms with Gasteiger partial charge in [-0.1, -0.05) is 68.8 Å². The van der Waals surface area contributed by atoms with Crippen molar-refractivity contribution in [1.29, 1.82) is 0 Å². The zero-order valence-corrected chi connectivity index (χ0v) is 23.0. The second-order valence-electron chi connectivity index (χ2n) is 8.77. The minimum Gasteiger partial charge on any atom is -0.543 e. The van der Waals surface area contributed by atoms with Gasteiger partial charge in [-0.05, 0) is 47.2 Å². The molecule has 0 spiro atoms. The van der Waals surface area contributed by atoms with Crippen LogP contribution in [-0.4, -0.2) is 26.7 Å². The van der Waals surface area contributed by atoms with Crippen molar-refractivity contribution in [3.8, 4) is 0 Å². The fourth-order valence-corrected chi connectivity index (χ4v) is 3.86. The van der Waals surface area contributed by atoms with E-state index < -0.39 is 5.97 Å². The molecule has 8 nitrogen and oxygen atoms in total. The van der Waals surface area contributed by atoms with Gasteiger partial charge in [-0.25, -0.2) is 4.98 Å². The van der Waals surface area contributed by atoms with Gasteiger partial charge in [-0.15, -0.1) is 0 Å². The van der Waals surface area contributed by atoms with Crippen molar-refractivity contribution in [1.82, 2.24) is 15.0 Å². The van der Waals surface area contributed by atoms with Crippen LogP contribution in [0.25, 0.3) is 0 Å². The van der Waals surface area contributed by atoms with Gasteiger partial charge in [0, 0.05) is 38.1 Å². The van der Waals surface area contributed by atoms with Crippen LogP contribution in [0.5, 0.6) is 0 Å². The van der Waals surface area contributed by atoms with E-state index in [2.05, 4.69) is 15.0 Å². The number of aromatic nitrogens is 3. The van der Waals surface area contributed by atoms with Gasteiger partial charge in [0.1, 0.15) is 10.8 Å². The van der Waals surface area contributed by atoms with Gasteiger partial charge in [0.15, 0.2) is 5.78 Å². The van der Waals surface area contributed by atoms with Crippen LogP contribution in [-0.2, 0) is 19.5 Å². The van der Waals surface area contributed by atoms with Crippen molar-refractivity contribution >= 4 is 23.4 Å². The van der Waals surface area contributed by atoms with Crippen LogP contribution in [0.2, 0.25) is 5.15 Å². The summed E-state index contributed by atoms with van der Waals surface area (Å²) in [7, 11) is 0. The maximum absolute atomic E-state index is 12.0. The molecule has 0 atom stereocenters. The first-order valence-electron chi connectivity index (χ1n) is 12.5. The number of carboxylic acids is 1. The first kappa shape index (κ1) is 33.4. The van der Waals surface area contributed by atoms with Crippen LogP contribution in [0.3, 0.4) is 0 Å². The van der Waals surface area contributed by atoms with E-state index in [1.165, 1.54) is 38.2 Å². The van der Waals surface area contributed by atoms with Gasteiger partial charge >= 0.3 is 18.9 Å². The van der Waals surface area contributed by atoms with Crippen molar-refractivity contribution in [2.75, 3.05) is 0 Å². The molecule has 198 valence electrons. The van der Waals surface area contributed by atoms with Crippen LogP contribution in [0, 0.1) is 5.92 Å². The Morgan fingerprint density at radius 2 is 1.37 bits per heavy atom. The summed E-state index contributed by atoms with van der Waals surface area (Å²) in [6.07, 6.45) is 12.7. The number of Topliss-reactive ketones (excluding diaryl/α,β-unsaturated/α-hetero) is 1. The summed E-state index contributed by atoms with van der Waals surface area (Å²) in [5.74, 6) is -0.472. The molecule has 1 aliphatic rings. The molecule has 4 N–H and O–H groups in total. The number of rotatable bonds is 7. The summed E-state index contributed by atoms with van der Waals surface area (Å²) in [4.78, 5) is 34.0. The van der Waals surface area contributed by atoms with Crippen LogP contribution in [0.4, 0.5) is 0 Å². The van der Waals surface area contributed by atoms with Gasteiger partial charge in [-0.3, -0.25) is 14.8 Å². The molecule has 0 aliphatic heterocycles. The fourth-order valence-electron chi connectivity index (χ4n) is 3.75. The van der Waals surface area contributed by atoms with E-state index >= 15 is 0 Å². The molecule has 3 aromatic rings. The summed E-state index contributed by atoms with van der Waals surface area (Å²) in [6.45, 7) is 2.98. The van der Waals surface area contributed by atoms with Crippen LogP contribution in [0.15, 0.2) is 55.0 Å². The number of carboxylic acid groups (broad SMARTS) is 1. The number of carbonyl (C=O) groups is 2. The zero-order valence-electron chi connectivity index (χ0n) is 22.2. The van der Waals surface area contributed by atoms with E-state index in [9.17, 15) is 14.7 Å². The molecular formula is C28H35ClLiN5O3. The number of aromatic carboxylic acids is 1. The summed E-state index contributed by atoms with van der Waals surface area (Å²) in [5, 5.41) is 10.7. The van der Waals surface area contributed by atoms with Crippen LogP contribution in [0.1, 0.15) is 83.1 Å². The van der Waals surface area contributed by atoms with Crippen molar-refractivity contribution in [2.24, 2.45) is 17.4 Å². The first-order chi connectivity index (χ1) is 17.9. The minimum atomic E-state index is -1.23. The largest absolute Gasteiger partial charge is 1.00 e. The molecule has 1 saturated carbocycles. The molecule has 3 heterocycles. The molecular weight excluding hydrogens is 497 g/mol. The third-order valence-electron chi connectivity index (χ3n) is 6.01. The molecule has 10 heteroatoms. The Hall–Kier alpha value is -2.60. The number of hydrogen-bond donors (Lipinski definition) is 2. The van der Waals surface area contributed by atoms with Crippen molar-refractivity contribution in [2.45, 2.75) is 65.0 Å². The zero-order chi connectivity index (χ0) is 27.0. The Morgan fingerprint density at radius 1 is 0.842 bits per heavy atom. The van der Waals surface area contributed by atoms with E-state index in [4.69, 9.17) is 23.1 Å². The van der Waals surface area contributed by atoms with Gasteiger partial charge in [-0.2, -0.15) is 0 Å². The molecule has 0 saturated heterocycles. The average molecular weight is 532 g/mol. The molecule has 1 fully saturated rings. The Bertz CT molecular complexity index is 1090. The van der Waals surface area contributed by atoms with Crippen LogP contribution >= 0.6 is 11.6 Å². The molecule has 0 amide bonds. The number of halogens is 1. The van der Waals surface area contributed by atoms with E-state index in [0.717, 1.165) is 23.1 Å². The second kappa shape index (κ2) is 18.6. The van der Waals surface area contributed by atoms with E-state index in [0.29, 0.717) is 36.3 Å². The molecule has 0 radical (unpaired) electrons. The number of nitrogens with zero attached hydrogens (tertiary/aromatic N) is 3. The van der Waals surface area contributed by atoms with Gasteiger partial charge in [0.05, 0.1) is 11.7 Å². The normalized spacial score (nSPS) is 12.6. The molecule has 0 bridgehead atoms. The third kappa shape index (κ3) is 12.3. The average Bonchev–Trinajstić information content (AvgIpc) is 2.95. The van der Waals surface area contributed by atoms with E-state index in [1.807, 2.05) is 19.1 Å². The smallest absolute Gasteiger partial charge is 0.543 e. The van der Waals surface area contributed by atoms with Crippen LogP contribution < -0.4 is 35.4 Å². The van der Waals surface area contributed by atoms with Gasteiger partial charge in [0.25, 0.3) is 0 Å². The number of hydrogen-bond acceptors (Lipinski definition) is 8. The number of pyridine rings is 3. The SMILES string of the molecule is CCc1ccc(C(=O)[O-])nc1.NCc1ccc(C(=O)CC2CCCCC2)nc1.NCc1ccc(Cl)nc1.[Li+]. The van der Waals surface area contributed by atoms with Gasteiger partial charge < -0.3 is 21.4 Å². The molecule has 0 unspecified atom stereocenters. The van der Waals surface area contributed by atoms with Gasteiger partial charge in [0.2, 0.25) is 0 Å². The third-order valence-corrected chi connectivity index (χ3v) is 6.23. The summed E-state index contributed by atoms with van der Waals surface area (Å²) in [6, 6.07) is 10.5. The summed E-state index contributed by atoms with van der Waals surface area (Å²) < 4.78 is 0. The Labute approximate surface area is 241 Å². The molecule has 1 aliphatic carbocycles. The van der Waals surface area contributed by atoms with E-state index in [1.54, 1.807) is 36.8 Å². The Balaban J connectivity index is 0.000000299. The van der Waals surface area contributed by atoms with Crippen molar-refractivity contribution in [3.63, 3.8) is 0 Å². The molecule has 3 aromatic heterocycles. The quantitative estimate of drug-likeness (QED) is 0.259. The Morgan fingerprint density at radius 3 is 1.82 bits per heavy atom. The number of aryl methyl sites for hydroxylation is 1. The topological polar surface area (TPSA) is 148 Å². The summed E-state index contributed by atoms with van der Waals surface area (Å²) in [5.41, 5.74) is 14.4. The first-order valence-corrected chi connectivity index (χ1v) is 12.9. The fraction of sp³-hybridized carbons (Fsp3) is 0.393. The predicted octanol–water partition coefficient (Wildman–Crippen LogP) is 0.899. The Kier molecular flexibility index (Phi) is 16.4. The second-order valence-corrected chi connectivity index (χ2v) is 9.16. The standard InChI is InChI=1S/C14H20N2O.C8H9NO2.C6H7ClN2.Li/c15-9-12-6-7-13(16-10-12)14(17)8-11-4-2-1-3-5-11;1-2-6-3-4-7(8(10)11)9-5-6;7-6-2-1-5(3-8)4-9-6;/h6-7,10-11H,1-5,8-9,15H2;3-5H,2H2,1H3,(H,10,11);1-2,4H,3,8H2;/q;;;+1/p-1. The number of ketones is 1. The van der Waals surface area contributed by atoms with Crippen molar-refractivity contribution in [3.05, 3.63) is 88.2 Å². The maximum atomic E-state index is 12.0. The van der Waals surface area contributed by atoms with Crippen molar-refractivity contribution < 1.29 is 33.6 Å². The number of nitrogens with two attached hydrogens (primary N) is 2. The molecule has 38 heavy (non-hydrogen) atoms. The maximum Gasteiger partial charge on any atom is 1.00 e. The predicted molar refractivity (Wildman–Crippen MR) is 143 cm³/mol. The number of carbonyl (C=O) groups excluding carboxylic acids is 2. The summed E-state index contributed by atoms with van der Waals surface area (Å²) >= 11 is 5.52. The monoisotopic (exact) mass is 531 g/mol. The molecule has 0 aromatic carbocycles. The minimum absolute atomic E-state index is 0.